The van der Waals surface area contributed by atoms with Gasteiger partial charge in [-0.15, -0.1) is 11.3 Å². The Balaban J connectivity index is 2.34. The molecule has 2 rings (SSSR count). The first kappa shape index (κ1) is 15.5. The van der Waals surface area contributed by atoms with Gasteiger partial charge in [0.25, 0.3) is 0 Å². The van der Waals surface area contributed by atoms with Gasteiger partial charge in [0, 0.05) is 10.9 Å². The number of hydrogen-bond acceptors (Lipinski definition) is 5. The van der Waals surface area contributed by atoms with E-state index in [-0.39, 0.29) is 11.9 Å². The van der Waals surface area contributed by atoms with Gasteiger partial charge >= 0.3 is 5.97 Å². The van der Waals surface area contributed by atoms with Gasteiger partial charge in [-0.1, -0.05) is 25.5 Å². The summed E-state index contributed by atoms with van der Waals surface area (Å²) in [5.41, 5.74) is 1.76. The van der Waals surface area contributed by atoms with E-state index in [1.807, 2.05) is 36.6 Å². The van der Waals surface area contributed by atoms with Crippen molar-refractivity contribution in [3.63, 3.8) is 0 Å². The first-order valence-electron chi connectivity index (χ1n) is 6.87. The summed E-state index contributed by atoms with van der Waals surface area (Å²) in [5, 5.41) is 2.75. The van der Waals surface area contributed by atoms with Crippen LogP contribution in [0.25, 0.3) is 11.3 Å². The zero-order valence-electron chi connectivity index (χ0n) is 12.5. The van der Waals surface area contributed by atoms with E-state index in [4.69, 9.17) is 9.47 Å². The lowest BCUT2D eigenvalue weighted by Gasteiger charge is -2.10. The number of carbonyl (C=O) groups excluding carboxylic acids is 1. The minimum Gasteiger partial charge on any atom is -0.496 e. The van der Waals surface area contributed by atoms with Gasteiger partial charge in [0.2, 0.25) is 0 Å². The largest absolute Gasteiger partial charge is 0.496 e. The highest BCUT2D eigenvalue weighted by atomic mass is 32.1. The van der Waals surface area contributed by atoms with E-state index in [0.717, 1.165) is 34.9 Å². The Morgan fingerprint density at radius 1 is 1.33 bits per heavy atom. The van der Waals surface area contributed by atoms with E-state index in [0.29, 0.717) is 0 Å². The Labute approximate surface area is 128 Å². The van der Waals surface area contributed by atoms with Crippen LogP contribution in [0.3, 0.4) is 0 Å². The fourth-order valence-corrected chi connectivity index (χ4v) is 3.14. The first-order valence-corrected chi connectivity index (χ1v) is 7.75. The second kappa shape index (κ2) is 7.22. The van der Waals surface area contributed by atoms with Crippen molar-refractivity contribution in [3.8, 4) is 17.0 Å². The van der Waals surface area contributed by atoms with Crippen LogP contribution >= 0.6 is 11.3 Å². The molecule has 112 valence electrons. The van der Waals surface area contributed by atoms with Crippen LogP contribution in [0.15, 0.2) is 29.6 Å². The number of nitrogens with zero attached hydrogens (tertiary/aromatic N) is 1. The lowest BCUT2D eigenvalue weighted by Crippen LogP contribution is -2.13. The molecule has 0 fully saturated rings. The second-order valence-corrected chi connectivity index (χ2v) is 5.53. The van der Waals surface area contributed by atoms with Gasteiger partial charge in [-0.05, 0) is 18.6 Å². The standard InChI is InChI=1S/C16H19NO3S/c1-4-7-12(16(18)20-3)15-17-13(10-21-15)11-8-5-6-9-14(11)19-2/h5-6,8-10,12H,4,7H2,1-3H3. The minimum absolute atomic E-state index is 0.224. The van der Waals surface area contributed by atoms with E-state index in [9.17, 15) is 4.79 Å². The van der Waals surface area contributed by atoms with Gasteiger partial charge in [0.1, 0.15) is 16.7 Å². The summed E-state index contributed by atoms with van der Waals surface area (Å²) in [6.45, 7) is 2.05. The van der Waals surface area contributed by atoms with Gasteiger partial charge < -0.3 is 9.47 Å². The Kier molecular flexibility index (Phi) is 5.33. The molecule has 0 saturated heterocycles. The molecular formula is C16H19NO3S. The Morgan fingerprint density at radius 2 is 2.10 bits per heavy atom. The van der Waals surface area contributed by atoms with Crippen molar-refractivity contribution in [3.05, 3.63) is 34.7 Å². The lowest BCUT2D eigenvalue weighted by molar-refractivity contribution is -0.142. The number of benzene rings is 1. The SMILES string of the molecule is CCCC(C(=O)OC)c1nc(-c2ccccc2OC)cs1. The van der Waals surface area contributed by atoms with Crippen LogP contribution in [0.5, 0.6) is 5.75 Å². The van der Waals surface area contributed by atoms with Crippen molar-refractivity contribution in [2.75, 3.05) is 14.2 Å². The number of ether oxygens (including phenoxy) is 2. The van der Waals surface area contributed by atoms with Gasteiger partial charge in [-0.3, -0.25) is 4.79 Å². The van der Waals surface area contributed by atoms with Crippen LogP contribution < -0.4 is 4.74 Å². The molecular weight excluding hydrogens is 286 g/mol. The average molecular weight is 305 g/mol. The predicted octanol–water partition coefficient (Wildman–Crippen LogP) is 3.88. The predicted molar refractivity (Wildman–Crippen MR) is 83.8 cm³/mol. The maximum atomic E-state index is 11.9. The summed E-state index contributed by atoms with van der Waals surface area (Å²) < 4.78 is 10.2. The maximum absolute atomic E-state index is 11.9. The zero-order chi connectivity index (χ0) is 15.2. The molecule has 0 spiro atoms. The highest BCUT2D eigenvalue weighted by Crippen LogP contribution is 2.33. The highest BCUT2D eigenvalue weighted by molar-refractivity contribution is 7.10. The molecule has 0 radical (unpaired) electrons. The molecule has 1 aromatic heterocycles. The number of aromatic nitrogens is 1. The van der Waals surface area contributed by atoms with Crippen molar-refractivity contribution in [2.45, 2.75) is 25.7 Å². The normalized spacial score (nSPS) is 12.0. The minimum atomic E-state index is -0.284. The molecule has 1 atom stereocenters. The smallest absolute Gasteiger partial charge is 0.315 e. The summed E-state index contributed by atoms with van der Waals surface area (Å²) in [6, 6.07) is 7.73. The number of thiazole rings is 1. The summed E-state index contributed by atoms with van der Waals surface area (Å²) in [7, 11) is 3.06. The fourth-order valence-electron chi connectivity index (χ4n) is 2.20. The number of esters is 1. The molecule has 21 heavy (non-hydrogen) atoms. The third-order valence-electron chi connectivity index (χ3n) is 3.27. The van der Waals surface area contributed by atoms with E-state index in [2.05, 4.69) is 4.98 Å². The van der Waals surface area contributed by atoms with Crippen molar-refractivity contribution in [1.29, 1.82) is 0 Å². The number of carbonyl (C=O) groups is 1. The molecule has 4 nitrogen and oxygen atoms in total. The first-order chi connectivity index (χ1) is 10.2. The van der Waals surface area contributed by atoms with Crippen molar-refractivity contribution < 1.29 is 14.3 Å². The Hall–Kier alpha value is -1.88. The van der Waals surface area contributed by atoms with Crippen LogP contribution in [0.1, 0.15) is 30.7 Å². The van der Waals surface area contributed by atoms with Gasteiger partial charge in [0.05, 0.1) is 19.9 Å². The molecule has 0 bridgehead atoms. The molecule has 0 aliphatic heterocycles. The maximum Gasteiger partial charge on any atom is 0.315 e. The average Bonchev–Trinajstić information content (AvgIpc) is 3.01. The third-order valence-corrected chi connectivity index (χ3v) is 4.22. The van der Waals surface area contributed by atoms with Gasteiger partial charge in [-0.2, -0.15) is 0 Å². The van der Waals surface area contributed by atoms with Crippen molar-refractivity contribution >= 4 is 17.3 Å². The summed E-state index contributed by atoms with van der Waals surface area (Å²) in [4.78, 5) is 16.5. The number of para-hydroxylation sites is 1. The second-order valence-electron chi connectivity index (χ2n) is 4.64. The number of rotatable bonds is 6. The van der Waals surface area contributed by atoms with E-state index >= 15 is 0 Å². The monoisotopic (exact) mass is 305 g/mol. The molecule has 1 unspecified atom stereocenters. The summed E-state index contributed by atoms with van der Waals surface area (Å²) in [6.07, 6.45) is 1.65. The van der Waals surface area contributed by atoms with Crippen LogP contribution in [-0.2, 0) is 9.53 Å². The van der Waals surface area contributed by atoms with Crippen LogP contribution in [-0.4, -0.2) is 25.2 Å². The Bertz CT molecular complexity index is 609. The molecule has 1 aromatic carbocycles. The van der Waals surface area contributed by atoms with Gasteiger partial charge in [-0.25, -0.2) is 4.98 Å². The number of methoxy groups -OCH3 is 2. The lowest BCUT2D eigenvalue weighted by atomic mass is 10.1. The molecule has 0 aliphatic carbocycles. The zero-order valence-corrected chi connectivity index (χ0v) is 13.3. The molecule has 2 aromatic rings. The quantitative estimate of drug-likeness (QED) is 0.760. The van der Waals surface area contributed by atoms with E-state index < -0.39 is 0 Å². The Morgan fingerprint density at radius 3 is 2.76 bits per heavy atom. The number of hydrogen-bond donors (Lipinski definition) is 0. The summed E-state index contributed by atoms with van der Waals surface area (Å²) >= 11 is 1.49. The molecule has 0 saturated carbocycles. The molecule has 0 N–H and O–H groups in total. The van der Waals surface area contributed by atoms with Crippen LogP contribution in [0, 0.1) is 0 Å². The fraction of sp³-hybridized carbons (Fsp3) is 0.375. The molecule has 0 aliphatic rings. The molecule has 5 heteroatoms. The highest BCUT2D eigenvalue weighted by Gasteiger charge is 2.24. The van der Waals surface area contributed by atoms with E-state index in [1.54, 1.807) is 7.11 Å². The summed E-state index contributed by atoms with van der Waals surface area (Å²) in [5.74, 6) is 0.269. The van der Waals surface area contributed by atoms with Gasteiger partial charge in [0.15, 0.2) is 0 Å². The molecule has 0 amide bonds. The van der Waals surface area contributed by atoms with E-state index in [1.165, 1.54) is 18.4 Å². The third kappa shape index (κ3) is 3.42. The van der Waals surface area contributed by atoms with Crippen molar-refractivity contribution in [1.82, 2.24) is 4.98 Å². The topological polar surface area (TPSA) is 48.4 Å². The van der Waals surface area contributed by atoms with Crippen LogP contribution in [0.4, 0.5) is 0 Å². The van der Waals surface area contributed by atoms with Crippen molar-refractivity contribution in [2.24, 2.45) is 0 Å². The molecule has 1 heterocycles. The van der Waals surface area contributed by atoms with Crippen LogP contribution in [0.2, 0.25) is 0 Å².